The smallest absolute Gasteiger partial charge is 0.349 e. The van der Waals surface area contributed by atoms with Crippen LogP contribution < -0.4 is 21.5 Å². The predicted octanol–water partition coefficient (Wildman–Crippen LogP) is 3.23. The van der Waals surface area contributed by atoms with Gasteiger partial charge in [0.25, 0.3) is 11.1 Å². The first-order valence-electron chi connectivity index (χ1n) is 9.42. The normalized spacial score (nSPS) is 14.2. The molecule has 162 valence electrons. The monoisotopic (exact) mass is 467 g/mol. The molecule has 1 saturated carbocycles. The molecule has 3 aromatic rings. The molecule has 31 heavy (non-hydrogen) atoms. The Labute approximate surface area is 183 Å². The lowest BCUT2D eigenvalue weighted by atomic mass is 10.00. The van der Waals surface area contributed by atoms with Gasteiger partial charge in [0.15, 0.2) is 11.4 Å². The highest BCUT2D eigenvalue weighted by atomic mass is 35.5. The molecule has 0 aliphatic heterocycles. The van der Waals surface area contributed by atoms with Crippen molar-refractivity contribution in [2.24, 2.45) is 0 Å². The molecule has 2 heterocycles. The number of rotatable bonds is 5. The summed E-state index contributed by atoms with van der Waals surface area (Å²) in [6.45, 7) is -1.15. The minimum atomic E-state index is -1.15. The van der Waals surface area contributed by atoms with Crippen LogP contribution in [0.5, 0.6) is 11.6 Å². The maximum absolute atomic E-state index is 12.9. The Morgan fingerprint density at radius 3 is 2.42 bits per heavy atom. The number of alkyl halides is 1. The van der Waals surface area contributed by atoms with Crippen molar-refractivity contribution < 1.29 is 9.13 Å². The molecular weight excluding hydrogens is 452 g/mol. The van der Waals surface area contributed by atoms with E-state index in [-0.39, 0.29) is 38.8 Å². The third-order valence-corrected chi connectivity index (χ3v) is 5.62. The second-order valence-corrected chi connectivity index (χ2v) is 7.88. The first kappa shape index (κ1) is 21.3. The van der Waals surface area contributed by atoms with Crippen molar-refractivity contribution in [1.29, 1.82) is 0 Å². The number of halogens is 3. The zero-order chi connectivity index (χ0) is 22.1. The molecule has 1 aliphatic carbocycles. The highest BCUT2D eigenvalue weighted by Gasteiger charge is 2.22. The standard InChI is InChI=1S/C19H16Cl2FN5O4/c20-12-5-10(27-19(30)23-18(29)14(8-22)26-27)6-13(21)16(12)31-15-7-11(17(28)25-24-15)9-3-1-2-4-9/h5-7,9H,1-4,8H2,(H,25,28)(H,23,29,30). The molecule has 0 bridgehead atoms. The fourth-order valence-corrected chi connectivity index (χ4v) is 4.11. The van der Waals surface area contributed by atoms with Crippen molar-refractivity contribution >= 4 is 23.2 Å². The van der Waals surface area contributed by atoms with Crippen LogP contribution in [0.4, 0.5) is 4.39 Å². The van der Waals surface area contributed by atoms with Gasteiger partial charge in [0.1, 0.15) is 6.67 Å². The maximum atomic E-state index is 12.9. The lowest BCUT2D eigenvalue weighted by molar-refractivity contribution is 0.451. The number of aromatic amines is 2. The Morgan fingerprint density at radius 1 is 1.10 bits per heavy atom. The molecule has 0 atom stereocenters. The number of nitrogens with zero attached hydrogens (tertiary/aromatic N) is 3. The van der Waals surface area contributed by atoms with Crippen LogP contribution in [-0.2, 0) is 6.67 Å². The van der Waals surface area contributed by atoms with Crippen molar-refractivity contribution in [2.75, 3.05) is 0 Å². The van der Waals surface area contributed by atoms with E-state index in [1.807, 2.05) is 4.98 Å². The average molecular weight is 468 g/mol. The Hall–Kier alpha value is -2.98. The summed E-state index contributed by atoms with van der Waals surface area (Å²) in [4.78, 5) is 37.7. The van der Waals surface area contributed by atoms with Crippen LogP contribution in [-0.4, -0.2) is 25.0 Å². The van der Waals surface area contributed by atoms with Crippen molar-refractivity contribution in [2.45, 2.75) is 38.3 Å². The van der Waals surface area contributed by atoms with E-state index in [1.165, 1.54) is 12.1 Å². The Morgan fingerprint density at radius 2 is 1.77 bits per heavy atom. The number of ether oxygens (including phenoxy) is 1. The summed E-state index contributed by atoms with van der Waals surface area (Å²) in [5.74, 6) is 0.301. The molecule has 1 fully saturated rings. The summed E-state index contributed by atoms with van der Waals surface area (Å²) in [5.41, 5.74) is -1.84. The Bertz CT molecular complexity index is 1290. The molecule has 2 N–H and O–H groups in total. The molecule has 0 spiro atoms. The van der Waals surface area contributed by atoms with Gasteiger partial charge in [-0.25, -0.2) is 14.3 Å². The van der Waals surface area contributed by atoms with Crippen LogP contribution in [0.1, 0.15) is 42.9 Å². The fourth-order valence-electron chi connectivity index (χ4n) is 3.56. The van der Waals surface area contributed by atoms with E-state index < -0.39 is 23.6 Å². The van der Waals surface area contributed by atoms with E-state index in [0.29, 0.717) is 5.56 Å². The summed E-state index contributed by atoms with van der Waals surface area (Å²) in [7, 11) is 0. The lowest BCUT2D eigenvalue weighted by Crippen LogP contribution is -2.33. The minimum Gasteiger partial charge on any atom is -0.434 e. The van der Waals surface area contributed by atoms with Crippen molar-refractivity contribution in [3.63, 3.8) is 0 Å². The van der Waals surface area contributed by atoms with E-state index in [0.717, 1.165) is 30.4 Å². The molecule has 1 aromatic carbocycles. The van der Waals surface area contributed by atoms with E-state index in [2.05, 4.69) is 15.3 Å². The second kappa shape index (κ2) is 8.64. The number of nitrogens with one attached hydrogen (secondary N) is 2. The van der Waals surface area contributed by atoms with Gasteiger partial charge in [-0.2, -0.15) is 9.78 Å². The summed E-state index contributed by atoms with van der Waals surface area (Å²) < 4.78 is 19.4. The van der Waals surface area contributed by atoms with Crippen LogP contribution in [0.15, 0.2) is 32.6 Å². The van der Waals surface area contributed by atoms with E-state index >= 15 is 0 Å². The minimum absolute atomic E-state index is 0.0135. The third kappa shape index (κ3) is 4.26. The average Bonchev–Trinajstić information content (AvgIpc) is 3.26. The van der Waals surface area contributed by atoms with Gasteiger partial charge in [-0.3, -0.25) is 14.6 Å². The predicted molar refractivity (Wildman–Crippen MR) is 111 cm³/mol. The topological polar surface area (TPSA) is 123 Å². The Kier molecular flexibility index (Phi) is 5.92. The van der Waals surface area contributed by atoms with Gasteiger partial charge in [0.05, 0.1) is 15.7 Å². The zero-order valence-corrected chi connectivity index (χ0v) is 17.5. The van der Waals surface area contributed by atoms with Gasteiger partial charge in [-0.15, -0.1) is 5.10 Å². The van der Waals surface area contributed by atoms with Crippen LogP contribution in [0, 0.1) is 0 Å². The molecule has 12 heteroatoms. The van der Waals surface area contributed by atoms with Gasteiger partial charge in [-0.05, 0) is 30.9 Å². The summed E-state index contributed by atoms with van der Waals surface area (Å²) in [5, 5.41) is 10.0. The van der Waals surface area contributed by atoms with Gasteiger partial charge in [0, 0.05) is 11.6 Å². The quantitative estimate of drug-likeness (QED) is 0.593. The van der Waals surface area contributed by atoms with E-state index in [4.69, 9.17) is 27.9 Å². The third-order valence-electron chi connectivity index (χ3n) is 5.06. The first-order valence-corrected chi connectivity index (χ1v) is 10.2. The number of hydrogen-bond donors (Lipinski definition) is 2. The molecule has 9 nitrogen and oxygen atoms in total. The van der Waals surface area contributed by atoms with Crippen LogP contribution in [0.2, 0.25) is 10.0 Å². The largest absolute Gasteiger partial charge is 0.434 e. The van der Waals surface area contributed by atoms with Gasteiger partial charge in [-0.1, -0.05) is 36.0 Å². The van der Waals surface area contributed by atoms with Gasteiger partial charge in [0.2, 0.25) is 5.88 Å². The van der Waals surface area contributed by atoms with Crippen molar-refractivity contribution in [3.05, 3.63) is 70.7 Å². The summed E-state index contributed by atoms with van der Waals surface area (Å²) in [6.07, 6.45) is 3.96. The number of benzene rings is 1. The number of aromatic nitrogens is 5. The van der Waals surface area contributed by atoms with Gasteiger partial charge >= 0.3 is 5.69 Å². The van der Waals surface area contributed by atoms with E-state index in [1.54, 1.807) is 6.07 Å². The van der Waals surface area contributed by atoms with Crippen LogP contribution in [0.3, 0.4) is 0 Å². The zero-order valence-electron chi connectivity index (χ0n) is 16.0. The van der Waals surface area contributed by atoms with E-state index in [9.17, 15) is 18.8 Å². The SMILES string of the molecule is O=c1[nH]nc(Oc2c(Cl)cc(-n3nc(CF)c(=O)[nH]c3=O)cc2Cl)cc1C1CCCC1. The highest BCUT2D eigenvalue weighted by molar-refractivity contribution is 6.37. The van der Waals surface area contributed by atoms with Crippen LogP contribution >= 0.6 is 23.2 Å². The maximum Gasteiger partial charge on any atom is 0.349 e. The first-order chi connectivity index (χ1) is 14.9. The Balaban J connectivity index is 1.69. The van der Waals surface area contributed by atoms with Crippen molar-refractivity contribution in [3.8, 4) is 17.3 Å². The summed E-state index contributed by atoms with van der Waals surface area (Å²) >= 11 is 12.6. The fraction of sp³-hybridized carbons (Fsp3) is 0.316. The molecule has 1 aliphatic rings. The molecule has 0 saturated heterocycles. The molecule has 2 aromatic heterocycles. The molecule has 0 amide bonds. The molecule has 4 rings (SSSR count). The molecule has 0 unspecified atom stereocenters. The summed E-state index contributed by atoms with van der Waals surface area (Å²) in [6, 6.07) is 4.21. The molecule has 0 radical (unpaired) electrons. The van der Waals surface area contributed by atoms with Crippen molar-refractivity contribution in [1.82, 2.24) is 25.0 Å². The number of H-pyrrole nitrogens is 2. The molecular formula is C19H16Cl2FN5O4. The number of hydrogen-bond acceptors (Lipinski definition) is 6. The van der Waals surface area contributed by atoms with Crippen LogP contribution in [0.25, 0.3) is 5.69 Å². The van der Waals surface area contributed by atoms with Gasteiger partial charge < -0.3 is 4.74 Å². The second-order valence-electron chi connectivity index (χ2n) is 7.06. The highest BCUT2D eigenvalue weighted by Crippen LogP contribution is 2.38. The lowest BCUT2D eigenvalue weighted by Gasteiger charge is -2.13.